The topological polar surface area (TPSA) is 26.3 Å². The van der Waals surface area contributed by atoms with Crippen molar-refractivity contribution in [1.29, 1.82) is 0 Å². The summed E-state index contributed by atoms with van der Waals surface area (Å²) in [6.45, 7) is 4.32. The van der Waals surface area contributed by atoms with Crippen molar-refractivity contribution >= 4 is 5.97 Å². The van der Waals surface area contributed by atoms with Gasteiger partial charge in [0, 0.05) is 0 Å². The number of carbonyl (C=O) groups excluding carboxylic acids is 1. The minimum Gasteiger partial charge on any atom is -0.426 e. The van der Waals surface area contributed by atoms with E-state index in [1.54, 1.807) is 0 Å². The molecule has 0 aromatic heterocycles. The van der Waals surface area contributed by atoms with Gasteiger partial charge in [-0.1, -0.05) is 61.7 Å². The quantitative estimate of drug-likeness (QED) is 0.482. The molecule has 2 heteroatoms. The highest BCUT2D eigenvalue weighted by atomic mass is 16.5. The Kier molecular flexibility index (Phi) is 5.91. The summed E-state index contributed by atoms with van der Waals surface area (Å²) in [5.74, 6) is 1.47. The van der Waals surface area contributed by atoms with Crippen LogP contribution in [-0.4, -0.2) is 5.97 Å². The molecule has 25 heavy (non-hydrogen) atoms. The van der Waals surface area contributed by atoms with Crippen molar-refractivity contribution in [3.05, 3.63) is 54.1 Å². The van der Waals surface area contributed by atoms with Crippen LogP contribution in [-0.2, 0) is 4.79 Å². The SMILES string of the molecule is CCCC1CCC(C(=O)Oc2ccc(-c3ccc(C)cc3)cc2)CC1. The number of aryl methyl sites for hydroxylation is 1. The van der Waals surface area contributed by atoms with Crippen molar-refractivity contribution in [1.82, 2.24) is 0 Å². The molecule has 0 amide bonds. The maximum absolute atomic E-state index is 12.4. The Morgan fingerprint density at radius 2 is 1.48 bits per heavy atom. The van der Waals surface area contributed by atoms with Crippen molar-refractivity contribution < 1.29 is 9.53 Å². The van der Waals surface area contributed by atoms with Crippen molar-refractivity contribution in [3.63, 3.8) is 0 Å². The molecule has 0 radical (unpaired) electrons. The molecule has 132 valence electrons. The fraction of sp³-hybridized carbons (Fsp3) is 0.435. The second-order valence-electron chi connectivity index (χ2n) is 7.32. The van der Waals surface area contributed by atoms with E-state index in [0.29, 0.717) is 5.75 Å². The first-order valence-corrected chi connectivity index (χ1v) is 9.54. The first-order valence-electron chi connectivity index (χ1n) is 9.54. The van der Waals surface area contributed by atoms with E-state index in [2.05, 4.69) is 38.1 Å². The molecule has 0 N–H and O–H groups in total. The van der Waals surface area contributed by atoms with Gasteiger partial charge in [-0.2, -0.15) is 0 Å². The van der Waals surface area contributed by atoms with Crippen LogP contribution in [0.2, 0.25) is 0 Å². The second kappa shape index (κ2) is 8.33. The van der Waals surface area contributed by atoms with Crippen LogP contribution >= 0.6 is 0 Å². The minimum atomic E-state index is -0.0574. The zero-order valence-electron chi connectivity index (χ0n) is 15.3. The van der Waals surface area contributed by atoms with E-state index in [1.165, 1.54) is 36.8 Å². The third-order valence-electron chi connectivity index (χ3n) is 5.33. The van der Waals surface area contributed by atoms with Gasteiger partial charge in [0.2, 0.25) is 0 Å². The molecule has 0 aliphatic heterocycles. The summed E-state index contributed by atoms with van der Waals surface area (Å²) in [5.41, 5.74) is 3.57. The van der Waals surface area contributed by atoms with Crippen LogP contribution in [0.15, 0.2) is 48.5 Å². The fourth-order valence-corrected chi connectivity index (χ4v) is 3.76. The van der Waals surface area contributed by atoms with Crippen LogP contribution in [0, 0.1) is 18.8 Å². The van der Waals surface area contributed by atoms with Crippen molar-refractivity contribution in [3.8, 4) is 16.9 Å². The molecule has 0 heterocycles. The van der Waals surface area contributed by atoms with Gasteiger partial charge in [-0.25, -0.2) is 0 Å². The zero-order chi connectivity index (χ0) is 17.6. The maximum atomic E-state index is 12.4. The molecule has 2 nitrogen and oxygen atoms in total. The summed E-state index contributed by atoms with van der Waals surface area (Å²) in [4.78, 5) is 12.4. The van der Waals surface area contributed by atoms with Crippen LogP contribution in [0.1, 0.15) is 51.0 Å². The average molecular weight is 336 g/mol. The normalized spacial score (nSPS) is 20.2. The smallest absolute Gasteiger partial charge is 0.314 e. The van der Waals surface area contributed by atoms with E-state index < -0.39 is 0 Å². The molecular weight excluding hydrogens is 308 g/mol. The Labute approximate surface area is 151 Å². The number of hydrogen-bond acceptors (Lipinski definition) is 2. The van der Waals surface area contributed by atoms with Gasteiger partial charge in [-0.3, -0.25) is 4.79 Å². The number of benzene rings is 2. The molecule has 2 aromatic rings. The Balaban J connectivity index is 1.56. The Morgan fingerprint density at radius 1 is 0.920 bits per heavy atom. The van der Waals surface area contributed by atoms with Crippen molar-refractivity contribution in [2.45, 2.75) is 52.4 Å². The van der Waals surface area contributed by atoms with E-state index >= 15 is 0 Å². The molecular formula is C23H28O2. The van der Waals surface area contributed by atoms with Crippen LogP contribution in [0.3, 0.4) is 0 Å². The number of rotatable bonds is 5. The summed E-state index contributed by atoms with van der Waals surface area (Å²) in [7, 11) is 0. The molecule has 1 aliphatic carbocycles. The fourth-order valence-electron chi connectivity index (χ4n) is 3.76. The Hall–Kier alpha value is -2.09. The van der Waals surface area contributed by atoms with Crippen LogP contribution in [0.25, 0.3) is 11.1 Å². The molecule has 1 aliphatic rings. The number of carbonyl (C=O) groups is 1. The predicted molar refractivity (Wildman–Crippen MR) is 103 cm³/mol. The van der Waals surface area contributed by atoms with Crippen LogP contribution in [0.4, 0.5) is 0 Å². The van der Waals surface area contributed by atoms with Crippen LogP contribution < -0.4 is 4.74 Å². The summed E-state index contributed by atoms with van der Waals surface area (Å²) in [5, 5.41) is 0. The minimum absolute atomic E-state index is 0.0574. The summed E-state index contributed by atoms with van der Waals surface area (Å²) in [6, 6.07) is 16.3. The van der Waals surface area contributed by atoms with E-state index in [4.69, 9.17) is 4.74 Å². The molecule has 0 unspecified atom stereocenters. The molecule has 0 spiro atoms. The first-order chi connectivity index (χ1) is 12.2. The maximum Gasteiger partial charge on any atom is 0.314 e. The summed E-state index contributed by atoms with van der Waals surface area (Å²) >= 11 is 0. The van der Waals surface area contributed by atoms with Gasteiger partial charge in [0.15, 0.2) is 0 Å². The van der Waals surface area contributed by atoms with Crippen molar-refractivity contribution in [2.24, 2.45) is 11.8 Å². The van der Waals surface area contributed by atoms with Gasteiger partial charge in [0.1, 0.15) is 5.75 Å². The molecule has 0 bridgehead atoms. The van der Waals surface area contributed by atoms with Gasteiger partial charge < -0.3 is 4.74 Å². The molecule has 3 rings (SSSR count). The van der Waals surface area contributed by atoms with Gasteiger partial charge in [0.05, 0.1) is 5.92 Å². The van der Waals surface area contributed by atoms with Crippen LogP contribution in [0.5, 0.6) is 5.75 Å². The van der Waals surface area contributed by atoms with E-state index in [0.717, 1.165) is 24.3 Å². The highest BCUT2D eigenvalue weighted by Crippen LogP contribution is 2.32. The standard InChI is InChI=1S/C23H28O2/c1-3-4-18-7-11-21(12-8-18)23(24)25-22-15-13-20(14-16-22)19-9-5-17(2)6-10-19/h5-6,9-10,13-16,18,21H,3-4,7-8,11-12H2,1-2H3. The molecule has 0 saturated heterocycles. The molecule has 0 atom stereocenters. The largest absolute Gasteiger partial charge is 0.426 e. The lowest BCUT2D eigenvalue weighted by Crippen LogP contribution is -2.25. The van der Waals surface area contributed by atoms with Gasteiger partial charge in [-0.05, 0) is 61.8 Å². The Bertz CT molecular complexity index is 677. The van der Waals surface area contributed by atoms with Gasteiger partial charge in [-0.15, -0.1) is 0 Å². The summed E-state index contributed by atoms with van der Waals surface area (Å²) < 4.78 is 5.62. The molecule has 1 saturated carbocycles. The number of esters is 1. The van der Waals surface area contributed by atoms with Gasteiger partial charge in [0.25, 0.3) is 0 Å². The zero-order valence-corrected chi connectivity index (χ0v) is 15.3. The second-order valence-corrected chi connectivity index (χ2v) is 7.32. The molecule has 1 fully saturated rings. The third kappa shape index (κ3) is 4.72. The lowest BCUT2D eigenvalue weighted by molar-refractivity contribution is -0.140. The Morgan fingerprint density at radius 3 is 2.04 bits per heavy atom. The lowest BCUT2D eigenvalue weighted by Gasteiger charge is -2.26. The van der Waals surface area contributed by atoms with Gasteiger partial charge >= 0.3 is 5.97 Å². The van der Waals surface area contributed by atoms with E-state index in [9.17, 15) is 4.79 Å². The van der Waals surface area contributed by atoms with E-state index in [-0.39, 0.29) is 11.9 Å². The number of ether oxygens (including phenoxy) is 1. The highest BCUT2D eigenvalue weighted by molar-refractivity contribution is 5.75. The summed E-state index contributed by atoms with van der Waals surface area (Å²) in [6.07, 6.45) is 6.82. The predicted octanol–water partition coefficient (Wildman–Crippen LogP) is 6.17. The third-order valence-corrected chi connectivity index (χ3v) is 5.33. The molecule has 2 aromatic carbocycles. The monoisotopic (exact) mass is 336 g/mol. The lowest BCUT2D eigenvalue weighted by atomic mass is 9.80. The van der Waals surface area contributed by atoms with Crippen molar-refractivity contribution in [2.75, 3.05) is 0 Å². The highest BCUT2D eigenvalue weighted by Gasteiger charge is 2.27. The number of hydrogen-bond donors (Lipinski definition) is 0. The average Bonchev–Trinajstić information content (AvgIpc) is 2.64. The van der Waals surface area contributed by atoms with E-state index in [1.807, 2.05) is 24.3 Å². The first kappa shape index (κ1) is 17.7.